The molecule has 0 bridgehead atoms. The fourth-order valence-corrected chi connectivity index (χ4v) is 1.06. The molecule has 0 aromatic rings. The average Bonchev–Trinajstić information content (AvgIpc) is 2.00. The third-order valence-electron chi connectivity index (χ3n) is 1.70. The molecule has 82 valence electrons. The predicted octanol–water partition coefficient (Wildman–Crippen LogP) is 1.73. The van der Waals surface area contributed by atoms with E-state index in [1.165, 1.54) is 19.2 Å². The highest BCUT2D eigenvalue weighted by atomic mass is 16.6. The van der Waals surface area contributed by atoms with Crippen LogP contribution in [0.4, 0.5) is 4.79 Å². The number of hydrogen-bond acceptors (Lipinski definition) is 2. The fourth-order valence-electron chi connectivity index (χ4n) is 1.06. The number of nitrogens with one attached hydrogen (secondary N) is 1. The first-order valence-electron chi connectivity index (χ1n) is 5.42. The molecule has 0 aromatic carbocycles. The van der Waals surface area contributed by atoms with Crippen molar-refractivity contribution in [3.63, 3.8) is 0 Å². The largest absolute Gasteiger partial charge is 0.444 e. The van der Waals surface area contributed by atoms with Gasteiger partial charge in [-0.2, -0.15) is 0 Å². The highest BCUT2D eigenvalue weighted by molar-refractivity contribution is 6.08. The van der Waals surface area contributed by atoms with Crippen LogP contribution in [-0.2, 0) is 4.74 Å². The van der Waals surface area contributed by atoms with E-state index in [2.05, 4.69) is 13.2 Å². The van der Waals surface area contributed by atoms with Gasteiger partial charge >= 0.3 is 6.09 Å². The number of carbonyl (C=O) groups is 1. The molecule has 0 unspecified atom stereocenters. The second kappa shape index (κ2) is 6.74. The number of carbonyl (C=O) groups excluding carboxylic acids is 1. The van der Waals surface area contributed by atoms with Crippen LogP contribution < -0.4 is 5.32 Å². The third-order valence-corrected chi connectivity index (χ3v) is 1.70. The van der Waals surface area contributed by atoms with Crippen molar-refractivity contribution in [1.29, 1.82) is 0 Å². The number of alkyl carbamates (subject to hydrolysis) is 1. The highest BCUT2D eigenvalue weighted by Crippen LogP contribution is 2.06. The molecule has 0 aliphatic heterocycles. The molecule has 0 radical (unpaired) electrons. The molecule has 0 saturated heterocycles. The molecule has 14 heavy (non-hydrogen) atoms. The summed E-state index contributed by atoms with van der Waals surface area (Å²) in [5.41, 5.74) is -0.395. The minimum atomic E-state index is -0.395. The molecule has 0 fully saturated rings. The number of unbranched alkanes of at least 4 members (excludes halogenated alkanes) is 2. The van der Waals surface area contributed by atoms with Gasteiger partial charge in [0.2, 0.25) is 0 Å². The highest BCUT2D eigenvalue weighted by Gasteiger charge is 2.15. The summed E-state index contributed by atoms with van der Waals surface area (Å²) in [4.78, 5) is 11.2. The Morgan fingerprint density at radius 1 is 1.29 bits per heavy atom. The Kier molecular flexibility index (Phi) is 6.42. The van der Waals surface area contributed by atoms with Crippen molar-refractivity contribution < 1.29 is 9.53 Å². The van der Waals surface area contributed by atoms with E-state index < -0.39 is 5.60 Å². The molecule has 4 heteroatoms. The Bertz CT molecular complexity index is 166. The molecule has 0 aliphatic carbocycles. The van der Waals surface area contributed by atoms with Gasteiger partial charge in [0.25, 0.3) is 0 Å². The first-order chi connectivity index (χ1) is 6.45. The predicted molar refractivity (Wildman–Crippen MR) is 61.4 cm³/mol. The van der Waals surface area contributed by atoms with Crippen LogP contribution in [0.25, 0.3) is 0 Å². The zero-order valence-corrected chi connectivity index (χ0v) is 9.85. The first kappa shape index (κ1) is 13.3. The van der Waals surface area contributed by atoms with E-state index in [9.17, 15) is 4.79 Å². The number of rotatable bonds is 5. The van der Waals surface area contributed by atoms with E-state index in [1.807, 2.05) is 20.8 Å². The Morgan fingerprint density at radius 3 is 2.43 bits per heavy atom. The molecule has 0 rings (SSSR count). The summed E-state index contributed by atoms with van der Waals surface area (Å²) in [5.74, 6) is 0. The molecule has 0 spiro atoms. The van der Waals surface area contributed by atoms with Crippen molar-refractivity contribution >= 4 is 13.9 Å². The zero-order chi connectivity index (χ0) is 11.0. The lowest BCUT2D eigenvalue weighted by atomic mass is 9.99. The van der Waals surface area contributed by atoms with Crippen LogP contribution in [0.5, 0.6) is 0 Å². The Labute approximate surface area is 88.0 Å². The van der Waals surface area contributed by atoms with Crippen LogP contribution in [0, 0.1) is 0 Å². The molecule has 1 amide bonds. The number of amides is 1. The lowest BCUT2D eigenvalue weighted by molar-refractivity contribution is 0.0527. The van der Waals surface area contributed by atoms with E-state index >= 15 is 0 Å². The van der Waals surface area contributed by atoms with E-state index in [-0.39, 0.29) is 6.09 Å². The van der Waals surface area contributed by atoms with Crippen LogP contribution in [-0.4, -0.2) is 26.1 Å². The maximum absolute atomic E-state index is 11.2. The van der Waals surface area contributed by atoms with Crippen molar-refractivity contribution in [2.24, 2.45) is 0 Å². The van der Waals surface area contributed by atoms with Crippen molar-refractivity contribution in [3.05, 3.63) is 0 Å². The van der Waals surface area contributed by atoms with E-state index in [0.717, 1.165) is 13.0 Å². The fraction of sp³-hybridized carbons (Fsp3) is 0.900. The zero-order valence-electron chi connectivity index (χ0n) is 9.85. The standard InChI is InChI=1S/C10H22BNO2/c1-10(2,3)14-9(13)12-8-6-4-5-7-11/h4-8,11H2,1-3H3,(H,12,13). The molecule has 0 aliphatic rings. The number of hydrogen-bond donors (Lipinski definition) is 1. The topological polar surface area (TPSA) is 38.3 Å². The van der Waals surface area contributed by atoms with Crippen molar-refractivity contribution in [2.75, 3.05) is 6.54 Å². The maximum Gasteiger partial charge on any atom is 0.407 e. The van der Waals surface area contributed by atoms with Crippen LogP contribution in [0.2, 0.25) is 6.32 Å². The third kappa shape index (κ3) is 9.42. The van der Waals surface area contributed by atoms with Gasteiger partial charge in [-0.1, -0.05) is 19.2 Å². The molecule has 0 aromatic heterocycles. The van der Waals surface area contributed by atoms with Crippen molar-refractivity contribution in [2.45, 2.75) is 52.0 Å². The molecule has 0 atom stereocenters. The van der Waals surface area contributed by atoms with Gasteiger partial charge in [-0.25, -0.2) is 4.79 Å². The molecular formula is C10H22BNO2. The lowest BCUT2D eigenvalue weighted by Gasteiger charge is -2.19. The van der Waals surface area contributed by atoms with E-state index in [0.29, 0.717) is 0 Å². The molecule has 0 heterocycles. The SMILES string of the molecule is BCCCCCNC(=O)OC(C)(C)C. The summed E-state index contributed by atoms with van der Waals surface area (Å²) >= 11 is 0. The van der Waals surface area contributed by atoms with Gasteiger partial charge < -0.3 is 10.1 Å². The minimum Gasteiger partial charge on any atom is -0.444 e. The van der Waals surface area contributed by atoms with Gasteiger partial charge in [-0.3, -0.25) is 0 Å². The monoisotopic (exact) mass is 199 g/mol. The summed E-state index contributed by atoms with van der Waals surface area (Å²) in [7, 11) is 2.17. The Hall–Kier alpha value is -0.665. The van der Waals surface area contributed by atoms with Gasteiger partial charge in [0, 0.05) is 6.54 Å². The summed E-state index contributed by atoms with van der Waals surface area (Å²) in [6.45, 7) is 6.31. The van der Waals surface area contributed by atoms with Gasteiger partial charge in [0.05, 0.1) is 0 Å². The van der Waals surface area contributed by atoms with Crippen LogP contribution >= 0.6 is 0 Å². The van der Waals surface area contributed by atoms with Gasteiger partial charge in [-0.15, -0.1) is 0 Å². The molecule has 1 N–H and O–H groups in total. The van der Waals surface area contributed by atoms with E-state index in [1.54, 1.807) is 0 Å². The van der Waals surface area contributed by atoms with Crippen molar-refractivity contribution in [3.8, 4) is 0 Å². The maximum atomic E-state index is 11.2. The summed E-state index contributed by atoms with van der Waals surface area (Å²) in [5, 5.41) is 2.74. The molecule has 0 saturated carbocycles. The second-order valence-electron chi connectivity index (χ2n) is 4.49. The summed E-state index contributed by atoms with van der Waals surface area (Å²) in [6.07, 6.45) is 4.34. The summed E-state index contributed by atoms with van der Waals surface area (Å²) in [6, 6.07) is 0. The number of ether oxygens (including phenoxy) is 1. The Balaban J connectivity index is 3.36. The first-order valence-corrected chi connectivity index (χ1v) is 5.42. The van der Waals surface area contributed by atoms with Crippen LogP contribution in [0.15, 0.2) is 0 Å². The quantitative estimate of drug-likeness (QED) is 0.540. The minimum absolute atomic E-state index is 0.311. The summed E-state index contributed by atoms with van der Waals surface area (Å²) < 4.78 is 5.09. The van der Waals surface area contributed by atoms with Gasteiger partial charge in [0.15, 0.2) is 0 Å². The second-order valence-corrected chi connectivity index (χ2v) is 4.49. The Morgan fingerprint density at radius 2 is 1.93 bits per heavy atom. The van der Waals surface area contributed by atoms with E-state index in [4.69, 9.17) is 4.74 Å². The van der Waals surface area contributed by atoms with Crippen LogP contribution in [0.3, 0.4) is 0 Å². The van der Waals surface area contributed by atoms with Gasteiger partial charge in [-0.05, 0) is 27.2 Å². The van der Waals surface area contributed by atoms with Crippen molar-refractivity contribution in [1.82, 2.24) is 5.32 Å². The average molecular weight is 199 g/mol. The van der Waals surface area contributed by atoms with Crippen LogP contribution in [0.1, 0.15) is 40.0 Å². The lowest BCUT2D eigenvalue weighted by Crippen LogP contribution is -2.32. The normalized spacial score (nSPS) is 11.1. The molecular weight excluding hydrogens is 177 g/mol. The molecule has 3 nitrogen and oxygen atoms in total. The van der Waals surface area contributed by atoms with Gasteiger partial charge in [0.1, 0.15) is 13.4 Å². The smallest absolute Gasteiger partial charge is 0.407 e.